The van der Waals surface area contributed by atoms with E-state index in [0.717, 1.165) is 5.56 Å². The molecule has 2 aromatic carbocycles. The molecule has 0 bridgehead atoms. The van der Waals surface area contributed by atoms with Crippen LogP contribution in [0.15, 0.2) is 72.4 Å². The SMILES string of the molecule is Cc1ccccc1NC(=O)/C(C#N)=C/c1cccn1-c1cccc(C(=O)O)c1. The van der Waals surface area contributed by atoms with Gasteiger partial charge in [0.15, 0.2) is 0 Å². The number of aromatic nitrogens is 1. The molecule has 0 aliphatic heterocycles. The van der Waals surface area contributed by atoms with E-state index < -0.39 is 11.9 Å². The minimum Gasteiger partial charge on any atom is -0.478 e. The average Bonchev–Trinajstić information content (AvgIpc) is 3.16. The number of amides is 1. The molecule has 2 N–H and O–H groups in total. The molecule has 6 nitrogen and oxygen atoms in total. The van der Waals surface area contributed by atoms with Crippen LogP contribution in [0.4, 0.5) is 5.69 Å². The van der Waals surface area contributed by atoms with Crippen LogP contribution < -0.4 is 5.32 Å². The predicted molar refractivity (Wildman–Crippen MR) is 106 cm³/mol. The van der Waals surface area contributed by atoms with Crippen molar-refractivity contribution in [2.24, 2.45) is 0 Å². The third-order valence-electron chi connectivity index (χ3n) is 4.20. The molecule has 3 aromatic rings. The van der Waals surface area contributed by atoms with Crippen LogP contribution in [0.25, 0.3) is 11.8 Å². The quantitative estimate of drug-likeness (QED) is 0.523. The van der Waals surface area contributed by atoms with Crippen LogP contribution in [0.2, 0.25) is 0 Å². The van der Waals surface area contributed by atoms with Crippen LogP contribution in [0.5, 0.6) is 0 Å². The van der Waals surface area contributed by atoms with Gasteiger partial charge >= 0.3 is 5.97 Å². The number of hydrogen-bond donors (Lipinski definition) is 2. The number of carbonyl (C=O) groups is 2. The number of nitriles is 1. The minimum atomic E-state index is -1.03. The van der Waals surface area contributed by atoms with E-state index in [0.29, 0.717) is 17.1 Å². The largest absolute Gasteiger partial charge is 0.478 e. The van der Waals surface area contributed by atoms with Gasteiger partial charge in [-0.3, -0.25) is 4.79 Å². The second-order valence-electron chi connectivity index (χ2n) is 6.10. The number of hydrogen-bond acceptors (Lipinski definition) is 3. The molecule has 0 aliphatic carbocycles. The molecule has 0 aliphatic rings. The highest BCUT2D eigenvalue weighted by atomic mass is 16.4. The zero-order valence-corrected chi connectivity index (χ0v) is 15.1. The molecule has 0 atom stereocenters. The fourth-order valence-corrected chi connectivity index (χ4v) is 2.73. The van der Waals surface area contributed by atoms with Crippen molar-refractivity contribution in [2.45, 2.75) is 6.92 Å². The van der Waals surface area contributed by atoms with Crippen molar-refractivity contribution in [1.82, 2.24) is 4.57 Å². The van der Waals surface area contributed by atoms with Gasteiger partial charge in [0.1, 0.15) is 11.6 Å². The molecular formula is C22H17N3O3. The maximum absolute atomic E-state index is 12.5. The lowest BCUT2D eigenvalue weighted by atomic mass is 10.1. The zero-order valence-electron chi connectivity index (χ0n) is 15.1. The first-order chi connectivity index (χ1) is 13.5. The van der Waals surface area contributed by atoms with Gasteiger partial charge < -0.3 is 15.0 Å². The summed E-state index contributed by atoms with van der Waals surface area (Å²) in [5.74, 6) is -1.54. The van der Waals surface area contributed by atoms with E-state index >= 15 is 0 Å². The third kappa shape index (κ3) is 4.00. The number of anilines is 1. The van der Waals surface area contributed by atoms with Gasteiger partial charge in [-0.05, 0) is 55.0 Å². The van der Waals surface area contributed by atoms with Crippen LogP contribution >= 0.6 is 0 Å². The molecule has 0 spiro atoms. The van der Waals surface area contributed by atoms with Crippen LogP contribution in [0, 0.1) is 18.3 Å². The maximum Gasteiger partial charge on any atom is 0.335 e. The number of para-hydroxylation sites is 1. The highest BCUT2D eigenvalue weighted by Gasteiger charge is 2.13. The van der Waals surface area contributed by atoms with Crippen LogP contribution in [0.1, 0.15) is 21.6 Å². The maximum atomic E-state index is 12.5. The second kappa shape index (κ2) is 8.06. The van der Waals surface area contributed by atoms with E-state index in [9.17, 15) is 20.0 Å². The predicted octanol–water partition coefficient (Wildman–Crippen LogP) is 4.03. The van der Waals surface area contributed by atoms with E-state index in [-0.39, 0.29) is 11.1 Å². The lowest BCUT2D eigenvalue weighted by molar-refractivity contribution is -0.112. The van der Waals surface area contributed by atoms with Crippen molar-refractivity contribution in [1.29, 1.82) is 5.26 Å². The monoisotopic (exact) mass is 371 g/mol. The third-order valence-corrected chi connectivity index (χ3v) is 4.20. The van der Waals surface area contributed by atoms with Crippen LogP contribution in [0.3, 0.4) is 0 Å². The van der Waals surface area contributed by atoms with E-state index in [1.165, 1.54) is 18.2 Å². The summed E-state index contributed by atoms with van der Waals surface area (Å²) in [7, 11) is 0. The molecule has 1 heterocycles. The van der Waals surface area contributed by atoms with E-state index in [1.807, 2.05) is 25.1 Å². The highest BCUT2D eigenvalue weighted by molar-refractivity contribution is 6.09. The summed E-state index contributed by atoms with van der Waals surface area (Å²) < 4.78 is 1.71. The Kier molecular flexibility index (Phi) is 5.38. The Bertz CT molecular complexity index is 1120. The summed E-state index contributed by atoms with van der Waals surface area (Å²) in [5, 5.41) is 21.4. The number of aromatic carboxylic acids is 1. The first-order valence-electron chi connectivity index (χ1n) is 8.49. The second-order valence-corrected chi connectivity index (χ2v) is 6.10. The molecule has 6 heteroatoms. The molecule has 0 radical (unpaired) electrons. The Morgan fingerprint density at radius 1 is 1.11 bits per heavy atom. The summed E-state index contributed by atoms with van der Waals surface area (Å²) in [6.07, 6.45) is 3.21. The molecule has 0 fully saturated rings. The summed E-state index contributed by atoms with van der Waals surface area (Å²) >= 11 is 0. The van der Waals surface area contributed by atoms with E-state index in [1.54, 1.807) is 47.2 Å². The Morgan fingerprint density at radius 3 is 2.61 bits per heavy atom. The first-order valence-corrected chi connectivity index (χ1v) is 8.49. The van der Waals surface area contributed by atoms with Crippen molar-refractivity contribution >= 4 is 23.6 Å². The molecule has 1 amide bonds. The number of nitrogens with zero attached hydrogens (tertiary/aromatic N) is 2. The molecule has 0 unspecified atom stereocenters. The summed E-state index contributed by atoms with van der Waals surface area (Å²) in [6.45, 7) is 1.87. The standard InChI is InChI=1S/C22H17N3O3/c1-15-6-2-3-10-20(15)24-21(26)17(14-23)13-19-9-5-11-25(19)18-8-4-7-16(12-18)22(27)28/h2-13H,1H3,(H,24,26)(H,27,28)/b17-13+. The molecular weight excluding hydrogens is 354 g/mol. The molecule has 138 valence electrons. The lowest BCUT2D eigenvalue weighted by Crippen LogP contribution is -2.14. The Hall–Kier alpha value is -4.11. The van der Waals surface area contributed by atoms with Gasteiger partial charge in [-0.1, -0.05) is 24.3 Å². The highest BCUT2D eigenvalue weighted by Crippen LogP contribution is 2.19. The zero-order chi connectivity index (χ0) is 20.1. The van der Waals surface area contributed by atoms with Gasteiger partial charge in [0.05, 0.1) is 5.56 Å². The van der Waals surface area contributed by atoms with Crippen molar-refractivity contribution in [2.75, 3.05) is 5.32 Å². The van der Waals surface area contributed by atoms with Crippen LogP contribution in [-0.4, -0.2) is 21.6 Å². The Labute approximate surface area is 162 Å². The molecule has 1 aromatic heterocycles. The number of carbonyl (C=O) groups excluding carboxylic acids is 1. The Balaban J connectivity index is 1.93. The van der Waals surface area contributed by atoms with Gasteiger partial charge in [0.2, 0.25) is 0 Å². The van der Waals surface area contributed by atoms with E-state index in [4.69, 9.17) is 0 Å². The van der Waals surface area contributed by atoms with Gasteiger partial charge in [0.25, 0.3) is 5.91 Å². The topological polar surface area (TPSA) is 95.1 Å². The smallest absolute Gasteiger partial charge is 0.335 e. The first kappa shape index (κ1) is 18.7. The van der Waals surface area contributed by atoms with Crippen LogP contribution in [-0.2, 0) is 4.79 Å². The van der Waals surface area contributed by atoms with Crippen molar-refractivity contribution < 1.29 is 14.7 Å². The number of nitrogens with one attached hydrogen (secondary N) is 1. The normalized spacial score (nSPS) is 10.9. The summed E-state index contributed by atoms with van der Waals surface area (Å²) in [5.41, 5.74) is 2.82. The fourth-order valence-electron chi connectivity index (χ4n) is 2.73. The van der Waals surface area contributed by atoms with E-state index in [2.05, 4.69) is 5.32 Å². The average molecular weight is 371 g/mol. The number of rotatable bonds is 5. The number of carboxylic acids is 1. The lowest BCUT2D eigenvalue weighted by Gasteiger charge is -2.09. The molecule has 3 rings (SSSR count). The summed E-state index contributed by atoms with van der Waals surface area (Å²) in [6, 6.07) is 19.2. The Morgan fingerprint density at radius 2 is 1.89 bits per heavy atom. The summed E-state index contributed by atoms with van der Waals surface area (Å²) in [4.78, 5) is 23.7. The molecule has 0 saturated heterocycles. The fraction of sp³-hybridized carbons (Fsp3) is 0.0455. The van der Waals surface area contributed by atoms with Gasteiger partial charge in [-0.2, -0.15) is 5.26 Å². The van der Waals surface area contributed by atoms with Gasteiger partial charge in [-0.15, -0.1) is 0 Å². The van der Waals surface area contributed by atoms with Crippen molar-refractivity contribution in [3.05, 3.63) is 89.3 Å². The molecule has 0 saturated carbocycles. The van der Waals surface area contributed by atoms with Crippen molar-refractivity contribution in [3.8, 4) is 11.8 Å². The number of aryl methyl sites for hydroxylation is 1. The molecule has 28 heavy (non-hydrogen) atoms. The number of carboxylic acid groups (broad SMARTS) is 1. The van der Waals surface area contributed by atoms with Gasteiger partial charge in [0, 0.05) is 23.3 Å². The number of benzene rings is 2. The van der Waals surface area contributed by atoms with Gasteiger partial charge in [-0.25, -0.2) is 4.79 Å². The van der Waals surface area contributed by atoms with Crippen molar-refractivity contribution in [3.63, 3.8) is 0 Å². The minimum absolute atomic E-state index is 0.0578.